The van der Waals surface area contributed by atoms with Crippen molar-refractivity contribution in [3.63, 3.8) is 0 Å². The lowest BCUT2D eigenvalue weighted by molar-refractivity contribution is 0.515. The molecule has 0 radical (unpaired) electrons. The fourth-order valence-electron chi connectivity index (χ4n) is 2.09. The fourth-order valence-corrected chi connectivity index (χ4v) is 2.09. The first-order valence-corrected chi connectivity index (χ1v) is 7.49. The van der Waals surface area contributed by atoms with Gasteiger partial charge in [-0.05, 0) is 12.8 Å². The van der Waals surface area contributed by atoms with E-state index in [1.54, 1.807) is 0 Å². The molecule has 0 amide bonds. The summed E-state index contributed by atoms with van der Waals surface area (Å²) in [5.41, 5.74) is 0. The molecule has 4 nitrogen and oxygen atoms in total. The van der Waals surface area contributed by atoms with Crippen LogP contribution in [0.25, 0.3) is 0 Å². The molecule has 0 aliphatic rings. The molecule has 0 unspecified atom stereocenters. The van der Waals surface area contributed by atoms with Gasteiger partial charge in [-0.15, -0.1) is 0 Å². The Kier molecular flexibility index (Phi) is 13.9. The number of carbonyl (C=O) groups excluding carboxylic acids is 2. The first-order valence-electron chi connectivity index (χ1n) is 7.49. The molecule has 0 atom stereocenters. The molecule has 0 saturated carbocycles. The van der Waals surface area contributed by atoms with Crippen molar-refractivity contribution in [2.45, 2.75) is 83.7 Å². The highest BCUT2D eigenvalue weighted by molar-refractivity contribution is 5.36. The highest BCUT2D eigenvalue weighted by atomic mass is 16.1. The number of nitrogens with zero attached hydrogens (tertiary/aromatic N) is 2. The van der Waals surface area contributed by atoms with Gasteiger partial charge in [0.15, 0.2) is 6.17 Å². The Morgan fingerprint density at radius 1 is 0.737 bits per heavy atom. The van der Waals surface area contributed by atoms with Crippen LogP contribution in [0.2, 0.25) is 0 Å². The molecule has 0 aromatic rings. The minimum absolute atomic E-state index is 0.566. The summed E-state index contributed by atoms with van der Waals surface area (Å²) >= 11 is 0. The van der Waals surface area contributed by atoms with Gasteiger partial charge in [-0.1, -0.05) is 64.7 Å². The van der Waals surface area contributed by atoms with E-state index in [0.717, 1.165) is 12.8 Å². The quantitative estimate of drug-likeness (QED) is 0.283. The largest absolute Gasteiger partial charge is 0.237 e. The maximum atomic E-state index is 10.1. The Morgan fingerprint density at radius 2 is 1.16 bits per heavy atom. The number of isocyanates is 2. The van der Waals surface area contributed by atoms with Crippen molar-refractivity contribution in [3.8, 4) is 0 Å². The summed E-state index contributed by atoms with van der Waals surface area (Å²) in [6.45, 7) is 2.23. The lowest BCUT2D eigenvalue weighted by Crippen LogP contribution is -1.99. The molecular formula is C15H26N2O2. The second-order valence-electron chi connectivity index (χ2n) is 4.89. The van der Waals surface area contributed by atoms with Gasteiger partial charge in [-0.2, -0.15) is 9.98 Å². The van der Waals surface area contributed by atoms with Gasteiger partial charge in [-0.3, -0.25) is 0 Å². The Balaban J connectivity index is 3.34. The molecule has 0 fully saturated rings. The van der Waals surface area contributed by atoms with E-state index in [0.29, 0.717) is 6.42 Å². The van der Waals surface area contributed by atoms with Crippen LogP contribution in [0.4, 0.5) is 0 Å². The second kappa shape index (κ2) is 14.8. The summed E-state index contributed by atoms with van der Waals surface area (Å²) < 4.78 is 0. The van der Waals surface area contributed by atoms with E-state index in [1.807, 2.05) is 0 Å². The van der Waals surface area contributed by atoms with Gasteiger partial charge in [-0.25, -0.2) is 9.59 Å². The molecule has 0 saturated heterocycles. The lowest BCUT2D eigenvalue weighted by Gasteiger charge is -2.04. The zero-order chi connectivity index (χ0) is 14.2. The van der Waals surface area contributed by atoms with E-state index in [1.165, 1.54) is 63.5 Å². The van der Waals surface area contributed by atoms with Crippen molar-refractivity contribution in [1.82, 2.24) is 0 Å². The molecule has 0 rings (SSSR count). The van der Waals surface area contributed by atoms with Gasteiger partial charge in [0.05, 0.1) is 0 Å². The van der Waals surface area contributed by atoms with Crippen LogP contribution in [0.15, 0.2) is 9.98 Å². The van der Waals surface area contributed by atoms with Crippen molar-refractivity contribution in [1.29, 1.82) is 0 Å². The molecule has 4 heteroatoms. The van der Waals surface area contributed by atoms with E-state index in [2.05, 4.69) is 16.9 Å². The average Bonchev–Trinajstić information content (AvgIpc) is 2.41. The molecule has 0 N–H and O–H groups in total. The minimum Gasteiger partial charge on any atom is -0.211 e. The van der Waals surface area contributed by atoms with Crippen LogP contribution in [-0.2, 0) is 9.59 Å². The number of hydrogen-bond acceptors (Lipinski definition) is 4. The Labute approximate surface area is 116 Å². The van der Waals surface area contributed by atoms with E-state index in [-0.39, 0.29) is 0 Å². The zero-order valence-electron chi connectivity index (χ0n) is 12.1. The van der Waals surface area contributed by atoms with Gasteiger partial charge in [0, 0.05) is 0 Å². The van der Waals surface area contributed by atoms with E-state index >= 15 is 0 Å². The van der Waals surface area contributed by atoms with Crippen molar-refractivity contribution in [2.75, 3.05) is 0 Å². The summed E-state index contributed by atoms with van der Waals surface area (Å²) in [6, 6.07) is 0. The molecule has 0 aliphatic heterocycles. The number of aliphatic imine (C=N–C) groups is 2. The summed E-state index contributed by atoms with van der Waals surface area (Å²) in [5.74, 6) is 0. The predicted molar refractivity (Wildman–Crippen MR) is 76.5 cm³/mol. The topological polar surface area (TPSA) is 58.9 Å². The van der Waals surface area contributed by atoms with Gasteiger partial charge in [0.1, 0.15) is 0 Å². The summed E-state index contributed by atoms with van der Waals surface area (Å²) in [6.07, 6.45) is 15.5. The van der Waals surface area contributed by atoms with Crippen molar-refractivity contribution in [3.05, 3.63) is 0 Å². The molecule has 0 heterocycles. The number of unbranched alkanes of at least 4 members (excludes halogenated alkanes) is 9. The number of rotatable bonds is 13. The van der Waals surface area contributed by atoms with E-state index < -0.39 is 6.17 Å². The van der Waals surface area contributed by atoms with Gasteiger partial charge in [0.2, 0.25) is 12.2 Å². The average molecular weight is 266 g/mol. The summed E-state index contributed by atoms with van der Waals surface area (Å²) in [7, 11) is 0. The van der Waals surface area contributed by atoms with Gasteiger partial charge in [0.25, 0.3) is 0 Å². The fraction of sp³-hybridized carbons (Fsp3) is 0.867. The third kappa shape index (κ3) is 13.0. The van der Waals surface area contributed by atoms with Crippen LogP contribution in [0, 0.1) is 0 Å². The summed E-state index contributed by atoms with van der Waals surface area (Å²) in [5, 5.41) is 0. The van der Waals surface area contributed by atoms with Crippen LogP contribution in [-0.4, -0.2) is 18.3 Å². The lowest BCUT2D eigenvalue weighted by atomic mass is 10.1. The molecule has 0 aromatic carbocycles. The Hall–Kier alpha value is -1.24. The van der Waals surface area contributed by atoms with E-state index in [9.17, 15) is 9.59 Å². The SMILES string of the molecule is CCCCCCCCCCCCC(N=C=O)N=C=O. The normalized spacial score (nSPS) is 11.4. The van der Waals surface area contributed by atoms with Crippen molar-refractivity contribution < 1.29 is 9.59 Å². The molecular weight excluding hydrogens is 240 g/mol. The third-order valence-electron chi connectivity index (χ3n) is 3.22. The standard InChI is InChI=1S/C15H26N2O2/c1-2-3-4-5-6-7-8-9-10-11-12-15(16-13-18)17-14-19/h15H,2-12H2,1H3. The highest BCUT2D eigenvalue weighted by Gasteiger charge is 2.03. The maximum Gasteiger partial charge on any atom is 0.237 e. The smallest absolute Gasteiger partial charge is 0.211 e. The van der Waals surface area contributed by atoms with E-state index in [4.69, 9.17) is 0 Å². The first kappa shape index (κ1) is 17.8. The molecule has 0 aromatic heterocycles. The monoisotopic (exact) mass is 266 g/mol. The molecule has 0 aliphatic carbocycles. The molecule has 0 spiro atoms. The van der Waals surface area contributed by atoms with Crippen molar-refractivity contribution >= 4 is 12.2 Å². The summed E-state index contributed by atoms with van der Waals surface area (Å²) in [4.78, 5) is 27.1. The molecule has 0 bridgehead atoms. The first-order chi connectivity index (χ1) is 9.35. The second-order valence-corrected chi connectivity index (χ2v) is 4.89. The van der Waals surface area contributed by atoms with Gasteiger partial charge < -0.3 is 0 Å². The molecule has 108 valence electrons. The maximum absolute atomic E-state index is 10.1. The van der Waals surface area contributed by atoms with Crippen LogP contribution >= 0.6 is 0 Å². The minimum atomic E-state index is -0.566. The van der Waals surface area contributed by atoms with Crippen LogP contribution < -0.4 is 0 Å². The predicted octanol–water partition coefficient (Wildman–Crippen LogP) is 4.30. The number of hydrogen-bond donors (Lipinski definition) is 0. The third-order valence-corrected chi connectivity index (χ3v) is 3.22. The van der Waals surface area contributed by atoms with Gasteiger partial charge >= 0.3 is 0 Å². The van der Waals surface area contributed by atoms with Crippen molar-refractivity contribution in [2.24, 2.45) is 9.98 Å². The Bertz CT molecular complexity index is 275. The highest BCUT2D eigenvalue weighted by Crippen LogP contribution is 2.12. The molecule has 19 heavy (non-hydrogen) atoms. The van der Waals surface area contributed by atoms with Crippen LogP contribution in [0.3, 0.4) is 0 Å². The van der Waals surface area contributed by atoms with Crippen LogP contribution in [0.1, 0.15) is 77.6 Å². The Morgan fingerprint density at radius 3 is 1.58 bits per heavy atom. The van der Waals surface area contributed by atoms with Crippen LogP contribution in [0.5, 0.6) is 0 Å². The zero-order valence-corrected chi connectivity index (χ0v) is 12.1.